The van der Waals surface area contributed by atoms with Gasteiger partial charge in [0.15, 0.2) is 0 Å². The summed E-state index contributed by atoms with van der Waals surface area (Å²) in [6, 6.07) is 6.22. The van der Waals surface area contributed by atoms with Crippen LogP contribution in [0.5, 0.6) is 5.75 Å². The van der Waals surface area contributed by atoms with Crippen LogP contribution in [0.1, 0.15) is 40.2 Å². The average Bonchev–Trinajstić information content (AvgIpc) is 2.42. The molecule has 0 bridgehead atoms. The maximum Gasteiger partial charge on any atom is 0.133 e. The van der Waals surface area contributed by atoms with Crippen molar-refractivity contribution in [2.24, 2.45) is 0 Å². The molecule has 0 aliphatic carbocycles. The molecule has 1 atom stereocenters. The van der Waals surface area contributed by atoms with Gasteiger partial charge >= 0.3 is 0 Å². The summed E-state index contributed by atoms with van der Waals surface area (Å²) in [7, 11) is 0. The van der Waals surface area contributed by atoms with Crippen LogP contribution in [0.2, 0.25) is 0 Å². The van der Waals surface area contributed by atoms with Crippen molar-refractivity contribution < 1.29 is 9.84 Å². The SMILES string of the molecule is C.CC(C)(C)NCC(O)COc1cccc2c1SCCC2. The van der Waals surface area contributed by atoms with Crippen molar-refractivity contribution in [3.8, 4) is 5.75 Å². The van der Waals surface area contributed by atoms with Crippen LogP contribution in [0.25, 0.3) is 0 Å². The van der Waals surface area contributed by atoms with Crippen molar-refractivity contribution >= 4 is 11.8 Å². The molecule has 2 N–H and O–H groups in total. The summed E-state index contributed by atoms with van der Waals surface area (Å²) in [4.78, 5) is 1.26. The predicted molar refractivity (Wildman–Crippen MR) is 91.5 cm³/mol. The van der Waals surface area contributed by atoms with Gasteiger partial charge < -0.3 is 15.2 Å². The lowest BCUT2D eigenvalue weighted by molar-refractivity contribution is 0.0986. The molecule has 21 heavy (non-hydrogen) atoms. The Morgan fingerprint density at radius 3 is 2.86 bits per heavy atom. The molecule has 1 aromatic carbocycles. The molecule has 1 heterocycles. The zero-order valence-electron chi connectivity index (χ0n) is 12.6. The average molecular weight is 311 g/mol. The molecule has 2 rings (SSSR count). The first-order valence-electron chi connectivity index (χ1n) is 7.26. The number of aliphatic hydroxyl groups excluding tert-OH is 1. The van der Waals surface area contributed by atoms with Crippen LogP contribution >= 0.6 is 11.8 Å². The molecular formula is C17H29NO2S. The predicted octanol–water partition coefficient (Wildman–Crippen LogP) is 3.49. The Labute approximate surface area is 133 Å². The lowest BCUT2D eigenvalue weighted by Gasteiger charge is -2.24. The molecule has 1 aliphatic heterocycles. The van der Waals surface area contributed by atoms with E-state index in [1.54, 1.807) is 0 Å². The molecular weight excluding hydrogens is 282 g/mol. The molecule has 0 aromatic heterocycles. The highest BCUT2D eigenvalue weighted by molar-refractivity contribution is 7.99. The third-order valence-electron chi connectivity index (χ3n) is 3.20. The minimum atomic E-state index is -0.487. The number of ether oxygens (including phenoxy) is 1. The molecule has 4 heteroatoms. The number of fused-ring (bicyclic) bond motifs is 1. The normalized spacial score (nSPS) is 15.8. The van der Waals surface area contributed by atoms with Crippen LogP contribution in [0, 0.1) is 0 Å². The molecule has 0 spiro atoms. The molecule has 1 unspecified atom stereocenters. The largest absolute Gasteiger partial charge is 0.490 e. The van der Waals surface area contributed by atoms with Gasteiger partial charge in [-0.25, -0.2) is 0 Å². The minimum absolute atomic E-state index is 0. The second kappa shape index (κ2) is 8.06. The maximum absolute atomic E-state index is 9.98. The summed E-state index contributed by atoms with van der Waals surface area (Å²) in [6.07, 6.45) is 1.88. The number of rotatable bonds is 5. The first-order valence-corrected chi connectivity index (χ1v) is 8.25. The zero-order valence-corrected chi connectivity index (χ0v) is 13.4. The lowest BCUT2D eigenvalue weighted by Crippen LogP contribution is -2.42. The Balaban J connectivity index is 0.00000220. The van der Waals surface area contributed by atoms with Crippen molar-refractivity contribution in [1.29, 1.82) is 0 Å². The molecule has 120 valence electrons. The molecule has 0 saturated carbocycles. The van der Waals surface area contributed by atoms with Crippen molar-refractivity contribution in [3.05, 3.63) is 23.8 Å². The topological polar surface area (TPSA) is 41.5 Å². The van der Waals surface area contributed by atoms with Crippen molar-refractivity contribution in [2.75, 3.05) is 18.9 Å². The number of nitrogens with one attached hydrogen (secondary N) is 1. The Morgan fingerprint density at radius 1 is 1.38 bits per heavy atom. The van der Waals surface area contributed by atoms with Gasteiger partial charge in [0.2, 0.25) is 0 Å². The second-order valence-corrected chi connectivity index (χ2v) is 7.40. The quantitative estimate of drug-likeness (QED) is 0.873. The van der Waals surface area contributed by atoms with E-state index in [2.05, 4.69) is 32.2 Å². The van der Waals surface area contributed by atoms with Crippen LogP contribution in [-0.2, 0) is 6.42 Å². The molecule has 0 amide bonds. The van der Waals surface area contributed by atoms with Gasteiger partial charge in [0.25, 0.3) is 0 Å². The fourth-order valence-electron chi connectivity index (χ4n) is 2.14. The van der Waals surface area contributed by atoms with Crippen LogP contribution in [0.15, 0.2) is 23.1 Å². The number of hydrogen-bond acceptors (Lipinski definition) is 4. The summed E-state index contributed by atoms with van der Waals surface area (Å²) in [6.45, 7) is 7.14. The standard InChI is InChI=1S/C16H25NO2S.CH4/c1-16(2,3)17-10-13(18)11-19-14-8-4-6-12-7-5-9-20-15(12)14;/h4,6,8,13,17-18H,5,7,9-11H2,1-3H3;1H4. The summed E-state index contributed by atoms with van der Waals surface area (Å²) in [5.74, 6) is 2.07. The van der Waals surface area contributed by atoms with Crippen LogP contribution in [-0.4, -0.2) is 35.7 Å². The van der Waals surface area contributed by atoms with E-state index in [-0.39, 0.29) is 13.0 Å². The monoisotopic (exact) mass is 311 g/mol. The molecule has 0 radical (unpaired) electrons. The Bertz CT molecular complexity index is 443. The van der Waals surface area contributed by atoms with Crippen LogP contribution < -0.4 is 10.1 Å². The Morgan fingerprint density at radius 2 is 2.14 bits per heavy atom. The number of aliphatic hydroxyl groups is 1. The van der Waals surface area contributed by atoms with Crippen LogP contribution in [0.4, 0.5) is 0 Å². The maximum atomic E-state index is 9.98. The highest BCUT2D eigenvalue weighted by Crippen LogP contribution is 2.37. The number of thioether (sulfide) groups is 1. The van der Waals surface area contributed by atoms with Gasteiger partial charge in [0.05, 0.1) is 4.90 Å². The highest BCUT2D eigenvalue weighted by Gasteiger charge is 2.16. The third kappa shape index (κ3) is 5.89. The van der Waals surface area contributed by atoms with Gasteiger partial charge in [-0.3, -0.25) is 0 Å². The summed E-state index contributed by atoms with van der Waals surface area (Å²) in [5.41, 5.74) is 1.39. The van der Waals surface area contributed by atoms with Crippen LogP contribution in [0.3, 0.4) is 0 Å². The van der Waals surface area contributed by atoms with E-state index in [1.807, 2.05) is 23.9 Å². The lowest BCUT2D eigenvalue weighted by atomic mass is 10.1. The second-order valence-electron chi connectivity index (χ2n) is 6.29. The first kappa shape index (κ1) is 18.3. The zero-order chi connectivity index (χ0) is 14.6. The van der Waals surface area contributed by atoms with Crippen molar-refractivity contribution in [1.82, 2.24) is 5.32 Å². The van der Waals surface area contributed by atoms with Gasteiger partial charge in [-0.2, -0.15) is 0 Å². The van der Waals surface area contributed by atoms with Gasteiger partial charge in [-0.15, -0.1) is 11.8 Å². The summed E-state index contributed by atoms with van der Waals surface area (Å²) < 4.78 is 5.82. The van der Waals surface area contributed by atoms with E-state index in [0.29, 0.717) is 13.2 Å². The first-order chi connectivity index (χ1) is 9.46. The van der Waals surface area contributed by atoms with Gasteiger partial charge in [0, 0.05) is 12.1 Å². The Kier molecular flexibility index (Phi) is 7.04. The molecule has 0 fully saturated rings. The van der Waals surface area contributed by atoms with E-state index in [9.17, 15) is 5.11 Å². The number of β-amino-alcohol motifs (C(OH)–C–C–N with tert-alkyl or cyclic N) is 1. The van der Waals surface area contributed by atoms with Crippen molar-refractivity contribution in [3.63, 3.8) is 0 Å². The van der Waals surface area contributed by atoms with Gasteiger partial charge in [0.1, 0.15) is 18.5 Å². The number of hydrogen-bond donors (Lipinski definition) is 2. The number of benzene rings is 1. The fourth-order valence-corrected chi connectivity index (χ4v) is 3.26. The van der Waals surface area contributed by atoms with E-state index in [0.717, 1.165) is 17.9 Å². The minimum Gasteiger partial charge on any atom is -0.490 e. The fraction of sp³-hybridized carbons (Fsp3) is 0.647. The number of aryl methyl sites for hydroxylation is 1. The smallest absolute Gasteiger partial charge is 0.133 e. The van der Waals surface area contributed by atoms with E-state index < -0.39 is 6.10 Å². The Hall–Kier alpha value is -0.710. The molecule has 1 aliphatic rings. The summed E-state index contributed by atoms with van der Waals surface area (Å²) in [5, 5.41) is 13.3. The van der Waals surface area contributed by atoms with E-state index in [1.165, 1.54) is 16.9 Å². The van der Waals surface area contributed by atoms with E-state index in [4.69, 9.17) is 4.74 Å². The molecule has 3 nitrogen and oxygen atoms in total. The molecule has 1 aromatic rings. The molecule has 0 saturated heterocycles. The van der Waals surface area contributed by atoms with E-state index >= 15 is 0 Å². The highest BCUT2D eigenvalue weighted by atomic mass is 32.2. The van der Waals surface area contributed by atoms with Crippen molar-refractivity contribution in [2.45, 2.75) is 57.6 Å². The van der Waals surface area contributed by atoms with Gasteiger partial charge in [-0.1, -0.05) is 19.6 Å². The third-order valence-corrected chi connectivity index (χ3v) is 4.44. The van der Waals surface area contributed by atoms with Gasteiger partial charge in [-0.05, 0) is 51.0 Å². The summed E-state index contributed by atoms with van der Waals surface area (Å²) >= 11 is 1.86.